The molecule has 2 N–H and O–H groups in total. The lowest BCUT2D eigenvalue weighted by Crippen LogP contribution is -2.40. The number of fused-ring (bicyclic) bond motifs is 3. The van der Waals surface area contributed by atoms with Crippen LogP contribution in [0, 0.1) is 0 Å². The van der Waals surface area contributed by atoms with E-state index in [9.17, 15) is 14.4 Å². The highest BCUT2D eigenvalue weighted by atomic mass is 16.5. The van der Waals surface area contributed by atoms with Crippen molar-refractivity contribution in [1.29, 1.82) is 0 Å². The molecule has 0 bridgehead atoms. The minimum atomic E-state index is -0.442. The Balaban J connectivity index is 1.42. The summed E-state index contributed by atoms with van der Waals surface area (Å²) in [6.07, 6.45) is 2.18. The van der Waals surface area contributed by atoms with E-state index in [1.165, 1.54) is 7.11 Å². The molecule has 3 aliphatic heterocycles. The van der Waals surface area contributed by atoms with Crippen molar-refractivity contribution < 1.29 is 28.6 Å². The topological polar surface area (TPSA) is 106 Å². The fraction of sp³-hybridized carbons (Fsp3) is 0.348. The number of hydrogen-bond acceptors (Lipinski definition) is 6. The van der Waals surface area contributed by atoms with Crippen molar-refractivity contribution in [2.24, 2.45) is 0 Å². The SMILES string of the molecule is COc1cc(C(=O)Nc2ccc3c(c2)C(=O)N2CCCC2C(=O)N3)cc2c1OCCCO2. The van der Waals surface area contributed by atoms with Crippen molar-refractivity contribution in [3.05, 3.63) is 41.5 Å². The molecule has 3 aliphatic rings. The van der Waals surface area contributed by atoms with Crippen LogP contribution < -0.4 is 24.8 Å². The molecule has 5 rings (SSSR count). The summed E-state index contributed by atoms with van der Waals surface area (Å²) in [6.45, 7) is 1.54. The van der Waals surface area contributed by atoms with Gasteiger partial charge in [0, 0.05) is 24.2 Å². The van der Waals surface area contributed by atoms with Crippen molar-refractivity contribution >= 4 is 29.1 Å². The predicted molar refractivity (Wildman–Crippen MR) is 116 cm³/mol. The van der Waals surface area contributed by atoms with Gasteiger partial charge in [-0.25, -0.2) is 0 Å². The van der Waals surface area contributed by atoms with Crippen molar-refractivity contribution in [2.45, 2.75) is 25.3 Å². The molecule has 1 unspecified atom stereocenters. The van der Waals surface area contributed by atoms with Crippen LogP contribution in [0.1, 0.15) is 40.0 Å². The smallest absolute Gasteiger partial charge is 0.256 e. The molecular formula is C23H23N3O6. The van der Waals surface area contributed by atoms with Gasteiger partial charge in [-0.1, -0.05) is 0 Å². The van der Waals surface area contributed by atoms with Gasteiger partial charge in [0.1, 0.15) is 6.04 Å². The van der Waals surface area contributed by atoms with Crippen LogP contribution in [-0.4, -0.2) is 55.5 Å². The number of amides is 3. The number of nitrogens with zero attached hydrogens (tertiary/aromatic N) is 1. The molecule has 0 spiro atoms. The molecule has 3 amide bonds. The first-order valence-electron chi connectivity index (χ1n) is 10.6. The summed E-state index contributed by atoms with van der Waals surface area (Å²) >= 11 is 0. The molecule has 1 fully saturated rings. The Morgan fingerprint density at radius 1 is 1.16 bits per heavy atom. The third kappa shape index (κ3) is 3.49. The van der Waals surface area contributed by atoms with Crippen LogP contribution >= 0.6 is 0 Å². The molecule has 166 valence electrons. The summed E-state index contributed by atoms with van der Waals surface area (Å²) < 4.78 is 16.8. The molecule has 1 saturated heterocycles. The number of carbonyl (C=O) groups excluding carboxylic acids is 3. The van der Waals surface area contributed by atoms with Crippen molar-refractivity contribution in [2.75, 3.05) is 37.5 Å². The van der Waals surface area contributed by atoms with Gasteiger partial charge >= 0.3 is 0 Å². The summed E-state index contributed by atoms with van der Waals surface area (Å²) in [5.74, 6) is 0.567. The summed E-state index contributed by atoms with van der Waals surface area (Å²) in [6, 6.07) is 7.64. The fourth-order valence-electron chi connectivity index (χ4n) is 4.29. The molecule has 0 radical (unpaired) electrons. The third-order valence-corrected chi connectivity index (χ3v) is 5.88. The Kier molecular flexibility index (Phi) is 5.08. The monoisotopic (exact) mass is 437 g/mol. The number of nitrogens with one attached hydrogen (secondary N) is 2. The quantitative estimate of drug-likeness (QED) is 0.765. The summed E-state index contributed by atoms with van der Waals surface area (Å²) in [4.78, 5) is 40.0. The standard InChI is InChI=1S/C23H23N3O6/c1-30-18-10-13(11-19-20(18)32-9-3-8-31-19)21(27)24-14-5-6-16-15(12-14)23(29)26-7-2-4-17(26)22(28)25-16/h5-6,10-12,17H,2-4,7-9H2,1H3,(H,24,27)(H,25,28). The number of methoxy groups -OCH3 is 1. The van der Waals surface area contributed by atoms with Crippen LogP contribution in [0.2, 0.25) is 0 Å². The van der Waals surface area contributed by atoms with E-state index >= 15 is 0 Å². The van der Waals surface area contributed by atoms with E-state index in [0.717, 1.165) is 12.8 Å². The Hall–Kier alpha value is -3.75. The second-order valence-corrected chi connectivity index (χ2v) is 7.92. The van der Waals surface area contributed by atoms with Crippen molar-refractivity contribution in [3.8, 4) is 17.2 Å². The van der Waals surface area contributed by atoms with Gasteiger partial charge in [0.25, 0.3) is 11.8 Å². The molecule has 0 aromatic heterocycles. The number of anilines is 2. The van der Waals surface area contributed by atoms with Gasteiger partial charge in [0.05, 0.1) is 31.6 Å². The lowest BCUT2D eigenvalue weighted by molar-refractivity contribution is -0.119. The molecule has 0 aliphatic carbocycles. The molecule has 1 atom stereocenters. The maximum atomic E-state index is 13.0. The van der Waals surface area contributed by atoms with Gasteiger partial charge in [-0.3, -0.25) is 14.4 Å². The van der Waals surface area contributed by atoms with Crippen LogP contribution in [0.3, 0.4) is 0 Å². The summed E-state index contributed by atoms with van der Waals surface area (Å²) in [7, 11) is 1.50. The average molecular weight is 437 g/mol. The number of carbonyl (C=O) groups is 3. The zero-order valence-electron chi connectivity index (χ0n) is 17.6. The Labute approximate surface area is 184 Å². The van der Waals surface area contributed by atoms with Crippen LogP contribution in [0.15, 0.2) is 30.3 Å². The highest BCUT2D eigenvalue weighted by molar-refractivity contribution is 6.11. The molecule has 9 heteroatoms. The van der Waals surface area contributed by atoms with Gasteiger partial charge in [-0.15, -0.1) is 0 Å². The summed E-state index contributed by atoms with van der Waals surface area (Å²) in [5, 5.41) is 5.65. The van der Waals surface area contributed by atoms with Crippen LogP contribution in [0.25, 0.3) is 0 Å². The fourth-order valence-corrected chi connectivity index (χ4v) is 4.29. The second-order valence-electron chi connectivity index (χ2n) is 7.92. The molecule has 2 aromatic rings. The molecule has 3 heterocycles. The lowest BCUT2D eigenvalue weighted by atomic mass is 10.1. The Bertz CT molecular complexity index is 1120. The van der Waals surface area contributed by atoms with E-state index in [2.05, 4.69) is 10.6 Å². The van der Waals surface area contributed by atoms with Crippen LogP contribution in [0.4, 0.5) is 11.4 Å². The number of hydrogen-bond donors (Lipinski definition) is 2. The van der Waals surface area contributed by atoms with Gasteiger partial charge < -0.3 is 29.7 Å². The first-order valence-corrected chi connectivity index (χ1v) is 10.6. The van der Waals surface area contributed by atoms with E-state index in [-0.39, 0.29) is 17.7 Å². The van der Waals surface area contributed by atoms with Gasteiger partial charge in [0.2, 0.25) is 11.7 Å². The van der Waals surface area contributed by atoms with E-state index < -0.39 is 6.04 Å². The molecule has 0 saturated carbocycles. The van der Waals surface area contributed by atoms with Gasteiger partial charge in [-0.2, -0.15) is 0 Å². The second kappa shape index (κ2) is 8.07. The van der Waals surface area contributed by atoms with E-state index in [1.54, 1.807) is 35.2 Å². The van der Waals surface area contributed by atoms with Crippen molar-refractivity contribution in [3.63, 3.8) is 0 Å². The Morgan fingerprint density at radius 3 is 2.84 bits per heavy atom. The highest BCUT2D eigenvalue weighted by Gasteiger charge is 2.38. The Morgan fingerprint density at radius 2 is 2.00 bits per heavy atom. The number of rotatable bonds is 3. The van der Waals surface area contributed by atoms with Gasteiger partial charge in [0.15, 0.2) is 11.5 Å². The minimum Gasteiger partial charge on any atom is -0.493 e. The van der Waals surface area contributed by atoms with E-state index in [1.807, 2.05) is 0 Å². The maximum absolute atomic E-state index is 13.0. The largest absolute Gasteiger partial charge is 0.493 e. The molecule has 32 heavy (non-hydrogen) atoms. The number of benzene rings is 2. The average Bonchev–Trinajstić information content (AvgIpc) is 3.13. The normalized spacial score (nSPS) is 19.3. The highest BCUT2D eigenvalue weighted by Crippen LogP contribution is 2.40. The molecule has 9 nitrogen and oxygen atoms in total. The van der Waals surface area contributed by atoms with E-state index in [0.29, 0.717) is 65.9 Å². The summed E-state index contributed by atoms with van der Waals surface area (Å²) in [5.41, 5.74) is 1.58. The molecular weight excluding hydrogens is 414 g/mol. The van der Waals surface area contributed by atoms with Crippen LogP contribution in [0.5, 0.6) is 17.2 Å². The van der Waals surface area contributed by atoms with E-state index in [4.69, 9.17) is 14.2 Å². The van der Waals surface area contributed by atoms with Gasteiger partial charge in [-0.05, 0) is 43.2 Å². The zero-order chi connectivity index (χ0) is 22.2. The third-order valence-electron chi connectivity index (χ3n) is 5.88. The first-order chi connectivity index (χ1) is 15.5. The predicted octanol–water partition coefficient (Wildman–Crippen LogP) is 2.67. The lowest BCUT2D eigenvalue weighted by Gasteiger charge is -2.20. The zero-order valence-corrected chi connectivity index (χ0v) is 17.6. The molecule has 2 aromatic carbocycles. The van der Waals surface area contributed by atoms with Crippen molar-refractivity contribution in [1.82, 2.24) is 4.90 Å². The minimum absolute atomic E-state index is 0.175. The first kappa shape index (κ1) is 20.2. The number of ether oxygens (including phenoxy) is 3. The van der Waals surface area contributed by atoms with Crippen LogP contribution in [-0.2, 0) is 4.79 Å². The maximum Gasteiger partial charge on any atom is 0.256 e.